The molecule has 31 heavy (non-hydrogen) atoms. The Morgan fingerprint density at radius 2 is 2.06 bits per heavy atom. The van der Waals surface area contributed by atoms with Crippen LogP contribution >= 0.6 is 0 Å². The quantitative estimate of drug-likeness (QED) is 0.474. The fourth-order valence-corrected chi connectivity index (χ4v) is 3.00. The van der Waals surface area contributed by atoms with Gasteiger partial charge in [0.2, 0.25) is 5.95 Å². The van der Waals surface area contributed by atoms with Gasteiger partial charge in [-0.1, -0.05) is 18.2 Å². The normalized spacial score (nSPS) is 10.3. The third kappa shape index (κ3) is 4.66. The number of carbonyl (C=O) groups is 2. The van der Waals surface area contributed by atoms with Gasteiger partial charge in [0, 0.05) is 11.6 Å². The summed E-state index contributed by atoms with van der Waals surface area (Å²) < 4.78 is 9.93. The predicted octanol–water partition coefficient (Wildman–Crippen LogP) is 1.99. The highest BCUT2D eigenvalue weighted by Gasteiger charge is 2.14. The summed E-state index contributed by atoms with van der Waals surface area (Å²) in [6.07, 6.45) is 2.50. The van der Waals surface area contributed by atoms with Crippen molar-refractivity contribution < 1.29 is 19.1 Å². The van der Waals surface area contributed by atoms with Crippen LogP contribution < -0.4 is 10.9 Å². The maximum absolute atomic E-state index is 12.5. The molecule has 0 saturated heterocycles. The van der Waals surface area contributed by atoms with Crippen LogP contribution in [0.5, 0.6) is 0 Å². The summed E-state index contributed by atoms with van der Waals surface area (Å²) in [5.41, 5.74) is 3.22. The first-order valence-electron chi connectivity index (χ1n) is 9.09. The van der Waals surface area contributed by atoms with Crippen LogP contribution in [0.2, 0.25) is 0 Å². The van der Waals surface area contributed by atoms with E-state index < -0.39 is 11.7 Å². The topological polar surface area (TPSA) is 141 Å². The van der Waals surface area contributed by atoms with Gasteiger partial charge in [-0.3, -0.25) is 29.6 Å². The van der Waals surface area contributed by atoms with E-state index in [1.165, 1.54) is 20.4 Å². The van der Waals surface area contributed by atoms with Crippen LogP contribution in [0.1, 0.15) is 11.1 Å². The van der Waals surface area contributed by atoms with Crippen molar-refractivity contribution in [1.82, 2.24) is 24.7 Å². The first kappa shape index (κ1) is 21.4. The average Bonchev–Trinajstić information content (AvgIpc) is 3.19. The molecule has 0 atom stereocenters. The molecule has 0 unspecified atom stereocenters. The number of methoxy groups -OCH3 is 2. The number of aryl methyl sites for hydroxylation is 1. The minimum atomic E-state index is -0.720. The Bertz CT molecular complexity index is 1300. The Balaban J connectivity index is 0.000000628. The van der Waals surface area contributed by atoms with Gasteiger partial charge in [0.15, 0.2) is 5.52 Å². The Morgan fingerprint density at radius 3 is 2.77 bits per heavy atom. The number of nitrogens with one attached hydrogen (secondary N) is 2. The zero-order chi connectivity index (χ0) is 22.4. The van der Waals surface area contributed by atoms with Gasteiger partial charge in [0.1, 0.15) is 5.52 Å². The third-order valence-corrected chi connectivity index (χ3v) is 4.39. The largest absolute Gasteiger partial charge is 0.471 e. The Hall–Kier alpha value is -4.28. The van der Waals surface area contributed by atoms with Gasteiger partial charge in [-0.05, 0) is 24.1 Å². The maximum Gasteiger partial charge on any atom is 0.413 e. The number of rotatable bonds is 4. The molecule has 3 aromatic heterocycles. The molecule has 1 aromatic carbocycles. The van der Waals surface area contributed by atoms with E-state index in [0.717, 1.165) is 22.0 Å². The fourth-order valence-electron chi connectivity index (χ4n) is 3.00. The van der Waals surface area contributed by atoms with Crippen molar-refractivity contribution in [1.29, 1.82) is 0 Å². The van der Waals surface area contributed by atoms with Gasteiger partial charge in [0.25, 0.3) is 12.0 Å². The van der Waals surface area contributed by atoms with E-state index in [1.54, 1.807) is 10.9 Å². The van der Waals surface area contributed by atoms with E-state index in [4.69, 9.17) is 4.79 Å². The van der Waals surface area contributed by atoms with E-state index in [1.807, 2.05) is 31.2 Å². The smallest absolute Gasteiger partial charge is 0.413 e. The zero-order valence-corrected chi connectivity index (χ0v) is 17.1. The minimum Gasteiger partial charge on any atom is -0.471 e. The Morgan fingerprint density at radius 1 is 1.29 bits per heavy atom. The van der Waals surface area contributed by atoms with Crippen molar-refractivity contribution in [3.63, 3.8) is 0 Å². The minimum absolute atomic E-state index is 0.00125. The molecule has 4 rings (SSSR count). The monoisotopic (exact) mass is 424 g/mol. The number of H-pyrrole nitrogens is 1. The van der Waals surface area contributed by atoms with E-state index in [9.17, 15) is 9.59 Å². The first-order chi connectivity index (χ1) is 15.0. The van der Waals surface area contributed by atoms with Gasteiger partial charge in [0.05, 0.1) is 32.5 Å². The number of hydrogen-bond donors (Lipinski definition) is 2. The van der Waals surface area contributed by atoms with Crippen molar-refractivity contribution >= 4 is 40.5 Å². The molecule has 4 aromatic rings. The molecule has 0 aliphatic rings. The van der Waals surface area contributed by atoms with Crippen molar-refractivity contribution in [3.05, 3.63) is 58.1 Å². The second-order valence-electron chi connectivity index (χ2n) is 6.34. The standard InChI is InChI=1S/C18H16N6O3.C2H4O2/c1-10-5-6-11(14-12(10)4-3-7-19-14)9-24-15-13(8-20-24)21-17(22-16(15)25)23-18(26)27-2;1-4-2-3/h3-8H,9H2,1-2H3,(H2,21,22,23,25,26);2H,1H3. The summed E-state index contributed by atoms with van der Waals surface area (Å²) in [6.45, 7) is 2.77. The molecule has 0 bridgehead atoms. The molecule has 0 fully saturated rings. The molecule has 0 aliphatic carbocycles. The van der Waals surface area contributed by atoms with E-state index in [-0.39, 0.29) is 5.95 Å². The summed E-state index contributed by atoms with van der Waals surface area (Å²) in [4.78, 5) is 43.9. The van der Waals surface area contributed by atoms with Gasteiger partial charge < -0.3 is 9.47 Å². The molecule has 0 saturated carbocycles. The lowest BCUT2D eigenvalue weighted by atomic mass is 10.0. The zero-order valence-electron chi connectivity index (χ0n) is 17.1. The molecule has 2 N–H and O–H groups in total. The van der Waals surface area contributed by atoms with Gasteiger partial charge in [-0.2, -0.15) is 5.10 Å². The van der Waals surface area contributed by atoms with E-state index >= 15 is 0 Å². The summed E-state index contributed by atoms with van der Waals surface area (Å²) >= 11 is 0. The summed E-state index contributed by atoms with van der Waals surface area (Å²) in [6, 6.07) is 7.91. The Labute approximate surface area is 176 Å². The van der Waals surface area contributed by atoms with Crippen LogP contribution in [0.25, 0.3) is 21.9 Å². The van der Waals surface area contributed by atoms with Crippen LogP contribution in [-0.4, -0.2) is 51.5 Å². The van der Waals surface area contributed by atoms with Crippen LogP contribution in [0.4, 0.5) is 10.7 Å². The lowest BCUT2D eigenvalue weighted by Crippen LogP contribution is -2.19. The fraction of sp³-hybridized carbons (Fsp3) is 0.200. The lowest BCUT2D eigenvalue weighted by Gasteiger charge is -2.09. The number of pyridine rings is 1. The second kappa shape index (κ2) is 9.48. The number of carbonyl (C=O) groups excluding carboxylic acids is 2. The SMILES string of the molecule is COC(=O)Nc1nc2cnn(Cc3ccc(C)c4cccnc34)c2c(=O)[nH]1.COC=O. The highest BCUT2D eigenvalue weighted by Crippen LogP contribution is 2.21. The molecule has 11 nitrogen and oxygen atoms in total. The summed E-state index contributed by atoms with van der Waals surface area (Å²) in [5, 5.41) is 7.68. The van der Waals surface area contributed by atoms with Crippen molar-refractivity contribution in [2.45, 2.75) is 13.5 Å². The molecule has 0 radical (unpaired) electrons. The molecule has 0 aliphatic heterocycles. The van der Waals surface area contributed by atoms with Crippen molar-refractivity contribution in [2.75, 3.05) is 19.5 Å². The third-order valence-electron chi connectivity index (χ3n) is 4.39. The van der Waals surface area contributed by atoms with Crippen LogP contribution in [0, 0.1) is 6.92 Å². The highest BCUT2D eigenvalue weighted by atomic mass is 16.5. The van der Waals surface area contributed by atoms with Gasteiger partial charge in [-0.25, -0.2) is 9.78 Å². The van der Waals surface area contributed by atoms with Crippen LogP contribution in [-0.2, 0) is 20.8 Å². The van der Waals surface area contributed by atoms with Crippen molar-refractivity contribution in [2.24, 2.45) is 0 Å². The number of ether oxygens (including phenoxy) is 2. The van der Waals surface area contributed by atoms with Gasteiger partial charge >= 0.3 is 6.09 Å². The van der Waals surface area contributed by atoms with Crippen molar-refractivity contribution in [3.8, 4) is 0 Å². The second-order valence-corrected chi connectivity index (χ2v) is 6.34. The maximum atomic E-state index is 12.5. The molecular formula is C20H20N6O5. The van der Waals surface area contributed by atoms with E-state index in [2.05, 4.69) is 34.8 Å². The predicted molar refractivity (Wildman–Crippen MR) is 113 cm³/mol. The number of anilines is 1. The molecule has 11 heteroatoms. The average molecular weight is 424 g/mol. The summed E-state index contributed by atoms with van der Waals surface area (Å²) in [7, 11) is 2.54. The molecule has 1 amide bonds. The molecule has 0 spiro atoms. The number of aromatic nitrogens is 5. The molecule has 3 heterocycles. The van der Waals surface area contributed by atoms with Crippen LogP contribution in [0.15, 0.2) is 41.5 Å². The number of aromatic amines is 1. The molecular weight excluding hydrogens is 404 g/mol. The lowest BCUT2D eigenvalue weighted by molar-refractivity contribution is -0.126. The van der Waals surface area contributed by atoms with E-state index in [0.29, 0.717) is 24.1 Å². The van der Waals surface area contributed by atoms with Crippen LogP contribution in [0.3, 0.4) is 0 Å². The number of benzene rings is 1. The number of fused-ring (bicyclic) bond motifs is 2. The Kier molecular flexibility index (Phi) is 6.55. The summed E-state index contributed by atoms with van der Waals surface area (Å²) in [5.74, 6) is 0.00125. The van der Waals surface area contributed by atoms with Gasteiger partial charge in [-0.15, -0.1) is 0 Å². The number of amides is 1. The molecule has 160 valence electrons. The number of hydrogen-bond acceptors (Lipinski definition) is 8. The highest BCUT2D eigenvalue weighted by molar-refractivity contribution is 5.85. The number of nitrogens with zero attached hydrogens (tertiary/aromatic N) is 4. The first-order valence-corrected chi connectivity index (χ1v) is 9.09.